The largest absolute Gasteiger partial charge is 0.457 e. The molecule has 3 aromatic heterocycles. The monoisotopic (exact) mass is 1120 g/mol. The van der Waals surface area contributed by atoms with Crippen molar-refractivity contribution in [2.75, 3.05) is 4.90 Å². The van der Waals surface area contributed by atoms with Crippen LogP contribution in [0.2, 0.25) is 0 Å². The average Bonchev–Trinajstić information content (AvgIpc) is 0.978. The molecule has 1 aliphatic heterocycles. The van der Waals surface area contributed by atoms with Gasteiger partial charge in [-0.15, -0.1) is 0 Å². The smallest absolute Gasteiger partial charge is 0.137 e. The molecule has 0 aliphatic carbocycles. The van der Waals surface area contributed by atoms with Crippen LogP contribution in [0.4, 0.5) is 11.4 Å². The van der Waals surface area contributed by atoms with E-state index in [9.17, 15) is 0 Å². The second kappa shape index (κ2) is 20.0. The Morgan fingerprint density at radius 1 is 0.388 bits per heavy atom. The molecule has 0 bridgehead atoms. The second-order valence-corrected chi connectivity index (χ2v) is 27.6. The van der Waals surface area contributed by atoms with Gasteiger partial charge < -0.3 is 14.2 Å². The van der Waals surface area contributed by atoms with Crippen LogP contribution in [-0.2, 0) is 33.7 Å². The summed E-state index contributed by atoms with van der Waals surface area (Å²) in [6.07, 6.45) is 1.89. The minimum atomic E-state index is -3.49. The van der Waals surface area contributed by atoms with Crippen LogP contribution in [0.15, 0.2) is 200 Å². The molecule has 0 saturated heterocycles. The fraction of sp³-hybridized carbons (Fsp3) is 0.263. The van der Waals surface area contributed by atoms with E-state index in [-0.39, 0.29) is 28.5 Å². The number of pyridine rings is 1. The molecule has 0 N–H and O–H groups in total. The number of benzene rings is 9. The van der Waals surface area contributed by atoms with Crippen molar-refractivity contribution in [1.82, 2.24) is 14.1 Å². The highest BCUT2D eigenvalue weighted by molar-refractivity contribution is 6.23. The zero-order valence-corrected chi connectivity index (χ0v) is 51.0. The topological polar surface area (TPSA) is 35.2 Å². The van der Waals surface area contributed by atoms with E-state index in [1.165, 1.54) is 28.8 Å². The van der Waals surface area contributed by atoms with Crippen molar-refractivity contribution >= 4 is 76.5 Å². The summed E-state index contributed by atoms with van der Waals surface area (Å²) in [4.78, 5) is 7.28. The zero-order valence-electron chi connectivity index (χ0n) is 60.0. The molecular weight excluding hydrogens is 1030 g/mol. The van der Waals surface area contributed by atoms with Gasteiger partial charge in [-0.2, -0.15) is 0 Å². The molecule has 1 aliphatic rings. The molecule has 13 rings (SSSR count). The molecular formula is C80H80N4O. The Bertz CT molecular complexity index is 5040. The number of anilines is 2. The van der Waals surface area contributed by atoms with Crippen LogP contribution in [0.1, 0.15) is 144 Å². The molecule has 5 heteroatoms. The highest BCUT2D eigenvalue weighted by Crippen LogP contribution is 2.49. The van der Waals surface area contributed by atoms with Crippen molar-refractivity contribution in [1.29, 1.82) is 0 Å². The van der Waals surface area contributed by atoms with Crippen molar-refractivity contribution in [3.63, 3.8) is 0 Å². The van der Waals surface area contributed by atoms with Crippen LogP contribution < -0.4 is 9.64 Å². The normalized spacial score (nSPS) is 15.3. The molecule has 0 atom stereocenters. The van der Waals surface area contributed by atoms with Crippen LogP contribution in [0.5, 0.6) is 11.5 Å². The van der Waals surface area contributed by atoms with E-state index in [1.54, 1.807) is 0 Å². The van der Waals surface area contributed by atoms with Crippen molar-refractivity contribution in [3.05, 3.63) is 228 Å². The first kappa shape index (κ1) is 45.7. The first-order valence-corrected chi connectivity index (χ1v) is 29.7. The summed E-state index contributed by atoms with van der Waals surface area (Å²) in [7, 11) is 0. The van der Waals surface area contributed by atoms with Crippen LogP contribution in [0.25, 0.3) is 93.2 Å². The SMILES string of the molecule is [2H]C([2H])([2H])C(c1cc(-c2cccc3c4ccccc4c4ccccc4c4cc(-c5cc(C(C)(C)C)cc(C(C)(C)C)c5)cc5c4n(c23)CN5c2cccc(Oc3ccc4c5ccccc5n(-c5cc(C(C)(C)C)ccn5)c4c3)c2)cc(C(C)(C)C)c1)(C([2H])([2H])[2H])C([2H])([2H])[2H]. The summed E-state index contributed by atoms with van der Waals surface area (Å²) < 4.78 is 92.3. The summed E-state index contributed by atoms with van der Waals surface area (Å²) in [5.74, 6) is 2.08. The van der Waals surface area contributed by atoms with Gasteiger partial charge in [-0.25, -0.2) is 4.98 Å². The number of rotatable bonds is 6. The highest BCUT2D eigenvalue weighted by Gasteiger charge is 2.30. The van der Waals surface area contributed by atoms with Crippen molar-refractivity contribution in [3.8, 4) is 39.6 Å². The van der Waals surface area contributed by atoms with E-state index in [4.69, 9.17) is 22.1 Å². The summed E-state index contributed by atoms with van der Waals surface area (Å²) >= 11 is 0. The van der Waals surface area contributed by atoms with Crippen molar-refractivity contribution in [2.45, 2.75) is 137 Å². The van der Waals surface area contributed by atoms with Gasteiger partial charge in [0, 0.05) is 63.5 Å². The number of para-hydroxylation sites is 2. The van der Waals surface area contributed by atoms with Crippen LogP contribution in [0, 0.1) is 0 Å². The lowest BCUT2D eigenvalue weighted by Gasteiger charge is -2.27. The maximum Gasteiger partial charge on any atom is 0.137 e. The molecule has 85 heavy (non-hydrogen) atoms. The average molecular weight is 1120 g/mol. The minimum absolute atomic E-state index is 0.0967. The van der Waals surface area contributed by atoms with E-state index >= 15 is 0 Å². The Kier molecular flexibility index (Phi) is 10.7. The Labute approximate surface area is 515 Å². The van der Waals surface area contributed by atoms with Gasteiger partial charge in [-0.3, -0.25) is 4.57 Å². The highest BCUT2D eigenvalue weighted by atomic mass is 16.5. The molecule has 0 spiro atoms. The third-order valence-electron chi connectivity index (χ3n) is 17.4. The molecule has 12 aromatic rings. The van der Waals surface area contributed by atoms with E-state index in [2.05, 4.69) is 216 Å². The molecule has 4 heterocycles. The first-order valence-electron chi connectivity index (χ1n) is 34.2. The van der Waals surface area contributed by atoms with Crippen LogP contribution >= 0.6 is 0 Å². The number of aromatic nitrogens is 3. The number of hydrogen-bond acceptors (Lipinski definition) is 3. The third kappa shape index (κ3) is 9.99. The number of nitrogens with zero attached hydrogens (tertiary/aromatic N) is 4. The van der Waals surface area contributed by atoms with Gasteiger partial charge in [-0.1, -0.05) is 231 Å². The van der Waals surface area contributed by atoms with E-state index in [1.807, 2.05) is 69.4 Å². The number of fused-ring (bicyclic) bond motifs is 10. The third-order valence-corrected chi connectivity index (χ3v) is 17.4. The van der Waals surface area contributed by atoms with Crippen molar-refractivity contribution in [2.24, 2.45) is 0 Å². The van der Waals surface area contributed by atoms with Crippen molar-refractivity contribution < 1.29 is 17.1 Å². The van der Waals surface area contributed by atoms with Gasteiger partial charge in [0.05, 0.1) is 27.8 Å². The minimum Gasteiger partial charge on any atom is -0.457 e. The lowest BCUT2D eigenvalue weighted by Crippen LogP contribution is -2.17. The van der Waals surface area contributed by atoms with Gasteiger partial charge in [0.25, 0.3) is 0 Å². The maximum absolute atomic E-state index is 8.96. The van der Waals surface area contributed by atoms with Crippen LogP contribution in [-0.4, -0.2) is 14.1 Å². The summed E-state index contributed by atoms with van der Waals surface area (Å²) in [5.41, 5.74) is 8.15. The predicted molar refractivity (Wildman–Crippen MR) is 364 cm³/mol. The molecule has 426 valence electrons. The van der Waals surface area contributed by atoms with Gasteiger partial charge in [-0.05, 0) is 148 Å². The number of ether oxygens (including phenoxy) is 1. The molecule has 0 amide bonds. The molecule has 0 radical (unpaired) electrons. The van der Waals surface area contributed by atoms with E-state index < -0.39 is 31.4 Å². The zero-order chi connectivity index (χ0) is 67.2. The lowest BCUT2D eigenvalue weighted by molar-refractivity contribution is 0.483. The first-order chi connectivity index (χ1) is 44.0. The Morgan fingerprint density at radius 3 is 1.53 bits per heavy atom. The number of hydrogen-bond donors (Lipinski definition) is 0. The second-order valence-electron chi connectivity index (χ2n) is 27.6. The van der Waals surface area contributed by atoms with E-state index in [0.29, 0.717) is 28.2 Å². The van der Waals surface area contributed by atoms with E-state index in [0.717, 1.165) is 93.5 Å². The molecule has 0 unspecified atom stereocenters. The fourth-order valence-electron chi connectivity index (χ4n) is 12.6. The summed E-state index contributed by atoms with van der Waals surface area (Å²) in [6, 6.07) is 66.8. The summed E-state index contributed by atoms with van der Waals surface area (Å²) in [6.45, 7) is 15.9. The molecule has 9 aromatic carbocycles. The van der Waals surface area contributed by atoms with Gasteiger partial charge in [0.15, 0.2) is 0 Å². The van der Waals surface area contributed by atoms with Crippen LogP contribution in [0.3, 0.4) is 0 Å². The Morgan fingerprint density at radius 2 is 0.906 bits per heavy atom. The van der Waals surface area contributed by atoms with Gasteiger partial charge >= 0.3 is 0 Å². The molecule has 0 fully saturated rings. The quantitative estimate of drug-likeness (QED) is 0.166. The standard InChI is InChI=1S/C80H80N4O/c1-76(2,3)53-36-37-81-73(46-53)84-70-33-21-20-30-66(70)67-35-34-60(48-71(67)84)85-59-25-22-24-58(47-59)82-49-83-74-61(52-40-56(79(10,11)12)45-57(41-52)80(13,14)15)31-23-32-68(74)64-28-18-16-26-62(64)63-27-17-19-29-65(63)69-42-51(43-72(82)75(69)83)50-38-54(77(4,5)6)44-55(39-50)78(7,8)9/h16-48H,49H2,1-15H3/i10D3,11D3,12D3. The molecule has 0 saturated carbocycles. The Balaban J connectivity index is 1.12. The Hall–Kier alpha value is -8.67. The van der Waals surface area contributed by atoms with Gasteiger partial charge in [0.2, 0.25) is 0 Å². The predicted octanol–water partition coefficient (Wildman–Crippen LogP) is 22.4. The fourth-order valence-corrected chi connectivity index (χ4v) is 12.6. The summed E-state index contributed by atoms with van der Waals surface area (Å²) in [5, 5.41) is 7.98. The maximum atomic E-state index is 8.96. The van der Waals surface area contributed by atoms with Gasteiger partial charge in [0.1, 0.15) is 24.0 Å². The lowest BCUT2D eigenvalue weighted by atomic mass is 9.78. The molecule has 5 nitrogen and oxygen atoms in total.